The monoisotopic (exact) mass is 512 g/mol. The van der Waals surface area contributed by atoms with E-state index in [1.807, 2.05) is 12.3 Å². The molecular formula is C27H27F3N4O3. The van der Waals surface area contributed by atoms with Crippen molar-refractivity contribution in [3.63, 3.8) is 0 Å². The third-order valence-electron chi connectivity index (χ3n) is 7.37. The quantitative estimate of drug-likeness (QED) is 0.363. The number of rotatable bonds is 6. The van der Waals surface area contributed by atoms with Gasteiger partial charge in [-0.25, -0.2) is 13.2 Å². The first-order valence-electron chi connectivity index (χ1n) is 12.1. The fourth-order valence-electron chi connectivity index (χ4n) is 5.19. The summed E-state index contributed by atoms with van der Waals surface area (Å²) in [5, 5.41) is 3.73. The lowest BCUT2D eigenvalue weighted by atomic mass is 9.83. The van der Waals surface area contributed by atoms with Crippen LogP contribution in [0.5, 0.6) is 0 Å². The normalized spacial score (nSPS) is 18.1. The Balaban J connectivity index is 1.31. The molecule has 0 saturated carbocycles. The molecule has 0 bridgehead atoms. The van der Waals surface area contributed by atoms with Gasteiger partial charge in [0.15, 0.2) is 11.6 Å². The molecule has 1 unspecified atom stereocenters. The summed E-state index contributed by atoms with van der Waals surface area (Å²) in [4.78, 5) is 23.6. The number of hydrogen-bond acceptors (Lipinski definition) is 6. The van der Waals surface area contributed by atoms with E-state index in [0.29, 0.717) is 12.3 Å². The Morgan fingerprint density at radius 3 is 2.65 bits per heavy atom. The maximum atomic E-state index is 13.8. The van der Waals surface area contributed by atoms with Crippen LogP contribution in [0.3, 0.4) is 0 Å². The molecule has 0 N–H and O–H groups in total. The zero-order valence-corrected chi connectivity index (χ0v) is 20.6. The Hall–Kier alpha value is -3.50. The van der Waals surface area contributed by atoms with E-state index in [2.05, 4.69) is 26.8 Å². The van der Waals surface area contributed by atoms with Gasteiger partial charge in [0.05, 0.1) is 17.9 Å². The molecule has 194 valence electrons. The third-order valence-corrected chi connectivity index (χ3v) is 7.37. The first-order valence-corrected chi connectivity index (χ1v) is 12.1. The molecule has 2 aromatic heterocycles. The van der Waals surface area contributed by atoms with Crippen LogP contribution in [-0.2, 0) is 28.8 Å². The summed E-state index contributed by atoms with van der Waals surface area (Å²) in [7, 11) is 1.75. The second-order valence-electron chi connectivity index (χ2n) is 9.44. The molecule has 0 radical (unpaired) electrons. The molecule has 3 aromatic rings. The summed E-state index contributed by atoms with van der Waals surface area (Å²) >= 11 is 0. The van der Waals surface area contributed by atoms with Gasteiger partial charge in [-0.1, -0.05) is 11.2 Å². The number of pyridine rings is 2. The van der Waals surface area contributed by atoms with E-state index in [1.54, 1.807) is 29.9 Å². The number of fused-ring (bicyclic) bond motifs is 2. The van der Waals surface area contributed by atoms with E-state index in [-0.39, 0.29) is 22.9 Å². The van der Waals surface area contributed by atoms with Gasteiger partial charge >= 0.3 is 0 Å². The number of benzene rings is 1. The van der Waals surface area contributed by atoms with Gasteiger partial charge in [0.1, 0.15) is 5.71 Å². The van der Waals surface area contributed by atoms with Crippen LogP contribution >= 0.6 is 0 Å². The smallest absolute Gasteiger partial charge is 0.255 e. The van der Waals surface area contributed by atoms with Crippen LogP contribution in [0.4, 0.5) is 13.2 Å². The van der Waals surface area contributed by atoms with Gasteiger partial charge in [-0.05, 0) is 55.2 Å². The first kappa shape index (κ1) is 25.2. The van der Waals surface area contributed by atoms with E-state index in [9.17, 15) is 18.0 Å². The second kappa shape index (κ2) is 10.1. The summed E-state index contributed by atoms with van der Waals surface area (Å²) in [6.07, 6.45) is 5.11. The average Bonchev–Trinajstić information content (AvgIpc) is 3.23. The number of likely N-dealkylation sites (tertiary alicyclic amines) is 1. The van der Waals surface area contributed by atoms with Gasteiger partial charge in [-0.15, -0.1) is 0 Å². The number of nitrogens with zero attached hydrogens (tertiary/aromatic N) is 4. The van der Waals surface area contributed by atoms with E-state index in [4.69, 9.17) is 4.74 Å². The largest absolute Gasteiger partial charge is 0.365 e. The van der Waals surface area contributed by atoms with Gasteiger partial charge in [0.25, 0.3) is 12.4 Å². The van der Waals surface area contributed by atoms with E-state index >= 15 is 0 Å². The molecule has 4 heterocycles. The number of piperidine rings is 1. The van der Waals surface area contributed by atoms with E-state index in [0.717, 1.165) is 54.8 Å². The molecule has 2 aliphatic heterocycles. The van der Waals surface area contributed by atoms with Crippen LogP contribution in [0.15, 0.2) is 58.7 Å². The maximum absolute atomic E-state index is 13.8. The molecule has 0 amide bonds. The second-order valence-corrected chi connectivity index (χ2v) is 9.44. The molecule has 1 saturated heterocycles. The SMILES string of the molecule is CC(c1ccc(/C(=N/OCF)c2ccc(F)c(F)c2)nc1)N1CCC2(CC1)OCc1cn(C)c(=O)cc12. The van der Waals surface area contributed by atoms with Crippen molar-refractivity contribution in [1.82, 2.24) is 14.5 Å². The van der Waals surface area contributed by atoms with Crippen molar-refractivity contribution in [1.29, 1.82) is 0 Å². The Kier molecular flexibility index (Phi) is 6.87. The van der Waals surface area contributed by atoms with Crippen molar-refractivity contribution >= 4 is 5.71 Å². The Bertz CT molecular complexity index is 1380. The molecular weight excluding hydrogens is 485 g/mol. The lowest BCUT2D eigenvalue weighted by Gasteiger charge is -2.41. The van der Waals surface area contributed by atoms with Gasteiger partial charge in [-0.2, -0.15) is 0 Å². The van der Waals surface area contributed by atoms with E-state index in [1.165, 1.54) is 6.07 Å². The highest BCUT2D eigenvalue weighted by Crippen LogP contribution is 2.44. The van der Waals surface area contributed by atoms with Crippen LogP contribution < -0.4 is 5.56 Å². The van der Waals surface area contributed by atoms with Crippen molar-refractivity contribution < 1.29 is 22.7 Å². The lowest BCUT2D eigenvalue weighted by Crippen LogP contribution is -2.43. The summed E-state index contributed by atoms with van der Waals surface area (Å²) in [6, 6.07) is 8.62. The first-order chi connectivity index (χ1) is 17.8. The molecule has 2 aliphatic rings. The molecule has 7 nitrogen and oxygen atoms in total. The maximum Gasteiger partial charge on any atom is 0.255 e. The summed E-state index contributed by atoms with van der Waals surface area (Å²) in [5.41, 5.74) is 3.23. The minimum atomic E-state index is -1.17. The van der Waals surface area contributed by atoms with Crippen molar-refractivity contribution in [2.45, 2.75) is 38.0 Å². The number of ether oxygens (including phenoxy) is 1. The predicted octanol–water partition coefficient (Wildman–Crippen LogP) is 4.34. The van der Waals surface area contributed by atoms with Gasteiger partial charge in [0.2, 0.25) is 0 Å². The Labute approximate surface area is 212 Å². The zero-order chi connectivity index (χ0) is 26.2. The van der Waals surface area contributed by atoms with Crippen molar-refractivity contribution in [3.8, 4) is 0 Å². The van der Waals surface area contributed by atoms with Crippen molar-refractivity contribution in [2.75, 3.05) is 20.0 Å². The molecule has 0 aliphatic carbocycles. The zero-order valence-electron chi connectivity index (χ0n) is 20.6. The molecule has 10 heteroatoms. The molecule has 1 atom stereocenters. The molecule has 1 aromatic carbocycles. The molecule has 37 heavy (non-hydrogen) atoms. The average molecular weight is 513 g/mol. The minimum Gasteiger partial charge on any atom is -0.365 e. The lowest BCUT2D eigenvalue weighted by molar-refractivity contribution is -0.0837. The van der Waals surface area contributed by atoms with Crippen LogP contribution in [0.25, 0.3) is 0 Å². The van der Waals surface area contributed by atoms with Crippen molar-refractivity contribution in [3.05, 3.63) is 98.7 Å². The fourth-order valence-corrected chi connectivity index (χ4v) is 5.19. The molecule has 1 spiro atoms. The van der Waals surface area contributed by atoms with Crippen LogP contribution in [0, 0.1) is 11.6 Å². The number of alkyl halides is 1. The number of aryl methyl sites for hydroxylation is 1. The van der Waals surface area contributed by atoms with Crippen LogP contribution in [0.1, 0.15) is 53.8 Å². The number of halogens is 3. The van der Waals surface area contributed by atoms with Gasteiger partial charge in [0, 0.05) is 55.8 Å². The summed E-state index contributed by atoms with van der Waals surface area (Å²) in [5.74, 6) is -2.04. The highest BCUT2D eigenvalue weighted by atomic mass is 19.2. The summed E-state index contributed by atoms with van der Waals surface area (Å²) < 4.78 is 47.6. The Morgan fingerprint density at radius 2 is 1.97 bits per heavy atom. The number of oxime groups is 1. The predicted molar refractivity (Wildman–Crippen MR) is 131 cm³/mol. The standard InChI is InChI=1S/C27H27F3N4O3/c1-17(34-9-7-27(8-10-34)21-12-25(35)33(2)14-20(21)15-36-27)19-4-6-24(31-13-19)26(32-37-16-28)18-3-5-22(29)23(30)11-18/h3-6,11-14,17H,7-10,15-16H2,1-2H3/b32-26+. The highest BCUT2D eigenvalue weighted by molar-refractivity contribution is 6.11. The van der Waals surface area contributed by atoms with Crippen LogP contribution in [-0.4, -0.2) is 40.1 Å². The molecule has 5 rings (SSSR count). The van der Waals surface area contributed by atoms with Crippen molar-refractivity contribution in [2.24, 2.45) is 12.2 Å². The van der Waals surface area contributed by atoms with E-state index < -0.39 is 24.1 Å². The Morgan fingerprint density at radius 1 is 1.19 bits per heavy atom. The van der Waals surface area contributed by atoms with Gasteiger partial charge < -0.3 is 14.1 Å². The van der Waals surface area contributed by atoms with Gasteiger partial charge in [-0.3, -0.25) is 14.7 Å². The third kappa shape index (κ3) is 4.78. The molecule has 1 fully saturated rings. The minimum absolute atomic E-state index is 0.0335. The summed E-state index contributed by atoms with van der Waals surface area (Å²) in [6.45, 7) is 3.00. The highest BCUT2D eigenvalue weighted by Gasteiger charge is 2.43. The topological polar surface area (TPSA) is 69.0 Å². The van der Waals surface area contributed by atoms with Crippen LogP contribution in [0.2, 0.25) is 0 Å². The number of aromatic nitrogens is 2. The fraction of sp³-hybridized carbons (Fsp3) is 0.370. The number of hydrogen-bond donors (Lipinski definition) is 0.